The van der Waals surface area contributed by atoms with Gasteiger partial charge < -0.3 is 24.4 Å². The summed E-state index contributed by atoms with van der Waals surface area (Å²) < 4.78 is 11.7. The van der Waals surface area contributed by atoms with E-state index in [1.807, 2.05) is 30.0 Å². The highest BCUT2D eigenvalue weighted by molar-refractivity contribution is 5.95. The van der Waals surface area contributed by atoms with E-state index < -0.39 is 0 Å². The minimum absolute atomic E-state index is 0.0300. The maximum Gasteiger partial charge on any atom is 0.254 e. The summed E-state index contributed by atoms with van der Waals surface area (Å²) in [6.07, 6.45) is 2.34. The van der Waals surface area contributed by atoms with Crippen molar-refractivity contribution in [1.82, 2.24) is 9.80 Å². The number of hydrogen-bond donors (Lipinski definition) is 1. The second kappa shape index (κ2) is 9.49. The standard InChI is InChI=1S/C24H30N2O4/c1-2-29-21-15-19(14-20(27)16-21)24(28)26-12-13-30-22(17-25-10-6-7-11-25)23(26)18-8-4-3-5-9-18/h3-5,8-9,14-16,22-23,27H,2,6-7,10-13,17H2,1H3/t22-,23-/m0/s1. The van der Waals surface area contributed by atoms with Crippen LogP contribution < -0.4 is 4.74 Å². The van der Waals surface area contributed by atoms with E-state index in [1.54, 1.807) is 6.07 Å². The quantitative estimate of drug-likeness (QED) is 0.790. The first-order valence-electron chi connectivity index (χ1n) is 10.8. The summed E-state index contributed by atoms with van der Waals surface area (Å²) in [7, 11) is 0. The van der Waals surface area contributed by atoms with E-state index in [9.17, 15) is 9.90 Å². The average Bonchev–Trinajstić information content (AvgIpc) is 3.26. The molecule has 0 aliphatic carbocycles. The lowest BCUT2D eigenvalue weighted by Gasteiger charge is -2.42. The van der Waals surface area contributed by atoms with Gasteiger partial charge in [0.05, 0.1) is 25.4 Å². The van der Waals surface area contributed by atoms with E-state index >= 15 is 0 Å². The topological polar surface area (TPSA) is 62.2 Å². The number of carbonyl (C=O) groups is 1. The Bertz CT molecular complexity index is 852. The summed E-state index contributed by atoms with van der Waals surface area (Å²) in [5, 5.41) is 10.1. The largest absolute Gasteiger partial charge is 0.508 e. The van der Waals surface area contributed by atoms with E-state index in [0.717, 1.165) is 25.2 Å². The molecule has 2 aliphatic heterocycles. The molecule has 30 heavy (non-hydrogen) atoms. The smallest absolute Gasteiger partial charge is 0.254 e. The first-order chi connectivity index (χ1) is 14.7. The molecule has 0 bridgehead atoms. The van der Waals surface area contributed by atoms with Crippen LogP contribution in [0.3, 0.4) is 0 Å². The van der Waals surface area contributed by atoms with Crippen LogP contribution in [0.15, 0.2) is 48.5 Å². The Morgan fingerprint density at radius 2 is 1.90 bits per heavy atom. The number of morpholine rings is 1. The number of nitrogens with zero attached hydrogens (tertiary/aromatic N) is 2. The second-order valence-corrected chi connectivity index (χ2v) is 7.92. The van der Waals surface area contributed by atoms with Gasteiger partial charge in [0.2, 0.25) is 0 Å². The molecule has 0 spiro atoms. The second-order valence-electron chi connectivity index (χ2n) is 7.92. The molecule has 4 rings (SSSR count). The Labute approximate surface area is 178 Å². The molecule has 2 fully saturated rings. The van der Waals surface area contributed by atoms with Gasteiger partial charge in [-0.1, -0.05) is 30.3 Å². The predicted molar refractivity (Wildman–Crippen MR) is 115 cm³/mol. The first-order valence-corrected chi connectivity index (χ1v) is 10.8. The zero-order valence-corrected chi connectivity index (χ0v) is 17.5. The number of aromatic hydroxyl groups is 1. The lowest BCUT2D eigenvalue weighted by Crippen LogP contribution is -2.51. The maximum atomic E-state index is 13.6. The van der Waals surface area contributed by atoms with E-state index in [1.165, 1.54) is 25.0 Å². The third kappa shape index (κ3) is 4.60. The maximum absolute atomic E-state index is 13.6. The minimum Gasteiger partial charge on any atom is -0.508 e. The van der Waals surface area contributed by atoms with Gasteiger partial charge in [-0.05, 0) is 50.6 Å². The number of amides is 1. The lowest BCUT2D eigenvalue weighted by atomic mass is 9.96. The number of hydrogen-bond acceptors (Lipinski definition) is 5. The fraction of sp³-hybridized carbons (Fsp3) is 0.458. The molecular formula is C24H30N2O4. The van der Waals surface area contributed by atoms with Crippen molar-refractivity contribution in [2.75, 3.05) is 39.4 Å². The van der Waals surface area contributed by atoms with Crippen molar-refractivity contribution >= 4 is 5.91 Å². The summed E-state index contributed by atoms with van der Waals surface area (Å²) in [6.45, 7) is 6.34. The number of phenolic OH excluding ortho intramolecular Hbond substituents is 1. The van der Waals surface area contributed by atoms with Crippen LogP contribution in [0.1, 0.15) is 41.7 Å². The van der Waals surface area contributed by atoms with Crippen LogP contribution in [0.4, 0.5) is 0 Å². The molecule has 2 heterocycles. The minimum atomic E-state index is -0.175. The Hall–Kier alpha value is -2.57. The molecule has 6 nitrogen and oxygen atoms in total. The summed E-state index contributed by atoms with van der Waals surface area (Å²) in [4.78, 5) is 17.9. The predicted octanol–water partition coefficient (Wildman–Crippen LogP) is 3.47. The number of carbonyl (C=O) groups excluding carboxylic acids is 1. The summed E-state index contributed by atoms with van der Waals surface area (Å²) in [5.41, 5.74) is 1.50. The molecule has 0 radical (unpaired) electrons. The summed E-state index contributed by atoms with van der Waals surface area (Å²) in [6, 6.07) is 14.7. The van der Waals surface area contributed by atoms with Crippen LogP contribution in [0.2, 0.25) is 0 Å². The van der Waals surface area contributed by atoms with Crippen molar-refractivity contribution in [3.63, 3.8) is 0 Å². The highest BCUT2D eigenvalue weighted by atomic mass is 16.5. The lowest BCUT2D eigenvalue weighted by molar-refractivity contribution is -0.0707. The van der Waals surface area contributed by atoms with Gasteiger partial charge in [0.25, 0.3) is 5.91 Å². The molecule has 2 aromatic carbocycles. The molecular weight excluding hydrogens is 380 g/mol. The van der Waals surface area contributed by atoms with Crippen LogP contribution in [-0.2, 0) is 4.74 Å². The van der Waals surface area contributed by atoms with Gasteiger partial charge in [-0.25, -0.2) is 0 Å². The number of ether oxygens (including phenoxy) is 2. The van der Waals surface area contributed by atoms with E-state index in [0.29, 0.717) is 31.1 Å². The van der Waals surface area contributed by atoms with Crippen LogP contribution >= 0.6 is 0 Å². The van der Waals surface area contributed by atoms with Gasteiger partial charge in [-0.3, -0.25) is 4.79 Å². The molecule has 0 saturated carbocycles. The monoisotopic (exact) mass is 410 g/mol. The zero-order valence-electron chi connectivity index (χ0n) is 17.5. The average molecular weight is 411 g/mol. The Balaban J connectivity index is 1.64. The van der Waals surface area contributed by atoms with Gasteiger partial charge in [-0.15, -0.1) is 0 Å². The molecule has 160 valence electrons. The third-order valence-electron chi connectivity index (χ3n) is 5.84. The van der Waals surface area contributed by atoms with Gasteiger partial charge >= 0.3 is 0 Å². The van der Waals surface area contributed by atoms with Crippen LogP contribution in [0, 0.1) is 0 Å². The normalized spacial score (nSPS) is 22.2. The number of rotatable bonds is 6. The summed E-state index contributed by atoms with van der Waals surface area (Å²) in [5.74, 6) is 0.414. The molecule has 0 aromatic heterocycles. The molecule has 2 saturated heterocycles. The van der Waals surface area contributed by atoms with Crippen molar-refractivity contribution in [2.24, 2.45) is 0 Å². The van der Waals surface area contributed by atoms with Crippen LogP contribution in [-0.4, -0.2) is 66.3 Å². The van der Waals surface area contributed by atoms with Gasteiger partial charge in [0, 0.05) is 24.7 Å². The number of benzene rings is 2. The zero-order chi connectivity index (χ0) is 20.9. The molecule has 2 atom stereocenters. The fourth-order valence-electron chi connectivity index (χ4n) is 4.50. The molecule has 2 aromatic rings. The van der Waals surface area contributed by atoms with Crippen molar-refractivity contribution in [3.05, 3.63) is 59.7 Å². The molecule has 0 unspecified atom stereocenters. The highest BCUT2D eigenvalue weighted by Crippen LogP contribution is 2.33. The van der Waals surface area contributed by atoms with E-state index in [4.69, 9.17) is 9.47 Å². The van der Waals surface area contributed by atoms with Crippen molar-refractivity contribution in [3.8, 4) is 11.5 Å². The van der Waals surface area contributed by atoms with Crippen LogP contribution in [0.5, 0.6) is 11.5 Å². The highest BCUT2D eigenvalue weighted by Gasteiger charge is 2.38. The SMILES string of the molecule is CCOc1cc(O)cc(C(=O)N2CCO[C@@H](CN3CCCC3)[C@@H]2c2ccccc2)c1. The number of likely N-dealkylation sites (tertiary alicyclic amines) is 1. The first kappa shape index (κ1) is 20.7. The fourth-order valence-corrected chi connectivity index (χ4v) is 4.50. The van der Waals surface area contributed by atoms with Crippen molar-refractivity contribution in [2.45, 2.75) is 31.9 Å². The molecule has 1 N–H and O–H groups in total. The molecule has 6 heteroatoms. The van der Waals surface area contributed by atoms with Crippen molar-refractivity contribution in [1.29, 1.82) is 0 Å². The van der Waals surface area contributed by atoms with E-state index in [2.05, 4.69) is 17.0 Å². The van der Waals surface area contributed by atoms with E-state index in [-0.39, 0.29) is 23.8 Å². The van der Waals surface area contributed by atoms with Gasteiger partial charge in [0.15, 0.2) is 0 Å². The molecule has 1 amide bonds. The van der Waals surface area contributed by atoms with Crippen molar-refractivity contribution < 1.29 is 19.4 Å². The summed E-state index contributed by atoms with van der Waals surface area (Å²) >= 11 is 0. The Morgan fingerprint density at radius 3 is 2.63 bits per heavy atom. The molecule has 2 aliphatic rings. The Kier molecular flexibility index (Phi) is 6.55. The van der Waals surface area contributed by atoms with Crippen LogP contribution in [0.25, 0.3) is 0 Å². The van der Waals surface area contributed by atoms with Gasteiger partial charge in [-0.2, -0.15) is 0 Å². The number of phenols is 1. The van der Waals surface area contributed by atoms with Gasteiger partial charge in [0.1, 0.15) is 11.5 Å². The third-order valence-corrected chi connectivity index (χ3v) is 5.84. The Morgan fingerprint density at radius 1 is 1.13 bits per heavy atom.